The van der Waals surface area contributed by atoms with Gasteiger partial charge in [-0.3, -0.25) is 0 Å². The number of hydrogen-bond acceptors (Lipinski definition) is 2. The Bertz CT molecular complexity index is 447. The first-order valence-electron chi connectivity index (χ1n) is 4.05. The number of pyridine rings is 1. The van der Waals surface area contributed by atoms with Gasteiger partial charge in [0.2, 0.25) is 0 Å². The van der Waals surface area contributed by atoms with Crippen molar-refractivity contribution in [2.75, 3.05) is 0 Å². The summed E-state index contributed by atoms with van der Waals surface area (Å²) >= 11 is 3.40. The van der Waals surface area contributed by atoms with Crippen molar-refractivity contribution in [1.82, 2.24) is 9.38 Å². The number of fused-ring (bicyclic) bond motifs is 1. The average Bonchev–Trinajstić information content (AvgIpc) is 2.42. The van der Waals surface area contributed by atoms with Crippen molar-refractivity contribution >= 4 is 21.6 Å². The molecule has 2 aromatic heterocycles. The Hall–Kier alpha value is -0.870. The molecule has 2 rings (SSSR count). The molecule has 0 unspecified atom stereocenters. The van der Waals surface area contributed by atoms with Crippen LogP contribution < -0.4 is 5.73 Å². The van der Waals surface area contributed by atoms with Crippen molar-refractivity contribution in [2.24, 2.45) is 5.73 Å². The lowest BCUT2D eigenvalue weighted by Crippen LogP contribution is -1.98. The molecule has 2 heterocycles. The van der Waals surface area contributed by atoms with E-state index in [4.69, 9.17) is 5.73 Å². The number of aromatic nitrogens is 2. The quantitative estimate of drug-likeness (QED) is 0.826. The van der Waals surface area contributed by atoms with E-state index < -0.39 is 0 Å². The highest BCUT2D eigenvalue weighted by Crippen LogP contribution is 2.16. The molecule has 13 heavy (non-hydrogen) atoms. The number of rotatable bonds is 1. The number of halogens is 1. The van der Waals surface area contributed by atoms with Gasteiger partial charge < -0.3 is 10.1 Å². The normalized spacial score (nSPS) is 11.0. The van der Waals surface area contributed by atoms with Crippen LogP contribution in [0.3, 0.4) is 0 Å². The molecule has 2 aromatic rings. The largest absolute Gasteiger partial charge is 0.325 e. The Labute approximate surface area is 84.7 Å². The van der Waals surface area contributed by atoms with E-state index >= 15 is 0 Å². The predicted molar refractivity (Wildman–Crippen MR) is 55.5 cm³/mol. The minimum atomic E-state index is 0.491. The van der Waals surface area contributed by atoms with Gasteiger partial charge in [-0.25, -0.2) is 4.98 Å². The van der Waals surface area contributed by atoms with Crippen LogP contribution in [0.4, 0.5) is 0 Å². The molecule has 3 nitrogen and oxygen atoms in total. The minimum absolute atomic E-state index is 0.491. The second-order valence-corrected chi connectivity index (χ2v) is 3.84. The average molecular weight is 240 g/mol. The topological polar surface area (TPSA) is 43.3 Å². The maximum atomic E-state index is 5.57. The first-order valence-corrected chi connectivity index (χ1v) is 4.85. The molecule has 2 N–H and O–H groups in total. The number of imidazole rings is 1. The maximum absolute atomic E-state index is 5.57. The van der Waals surface area contributed by atoms with E-state index in [1.807, 2.05) is 29.7 Å². The molecule has 0 saturated heterocycles. The number of hydrogen-bond donors (Lipinski definition) is 1. The summed E-state index contributed by atoms with van der Waals surface area (Å²) in [6.45, 7) is 2.52. The molecular formula is C9H10BrN3. The standard InChI is InChI=1S/C9H10BrN3/c1-6-8(5-11)12-9-4-7(10)2-3-13(6)9/h2-4H,5,11H2,1H3. The molecule has 0 bridgehead atoms. The lowest BCUT2D eigenvalue weighted by atomic mass is 10.3. The third-order valence-electron chi connectivity index (χ3n) is 2.12. The van der Waals surface area contributed by atoms with Gasteiger partial charge in [-0.2, -0.15) is 0 Å². The third kappa shape index (κ3) is 1.36. The van der Waals surface area contributed by atoms with E-state index in [0.717, 1.165) is 21.5 Å². The third-order valence-corrected chi connectivity index (χ3v) is 2.61. The van der Waals surface area contributed by atoms with Gasteiger partial charge in [0.25, 0.3) is 0 Å². The molecule has 68 valence electrons. The number of nitrogens with two attached hydrogens (primary N) is 1. The fraction of sp³-hybridized carbons (Fsp3) is 0.222. The van der Waals surface area contributed by atoms with Gasteiger partial charge in [0.15, 0.2) is 0 Å². The summed E-state index contributed by atoms with van der Waals surface area (Å²) in [5.41, 5.74) is 8.57. The molecule has 0 saturated carbocycles. The van der Waals surface area contributed by atoms with E-state index in [2.05, 4.69) is 20.9 Å². The molecule has 0 spiro atoms. The summed E-state index contributed by atoms with van der Waals surface area (Å²) in [5.74, 6) is 0. The van der Waals surface area contributed by atoms with E-state index in [1.54, 1.807) is 0 Å². The van der Waals surface area contributed by atoms with E-state index in [9.17, 15) is 0 Å². The van der Waals surface area contributed by atoms with Crippen LogP contribution in [0, 0.1) is 6.92 Å². The summed E-state index contributed by atoms with van der Waals surface area (Å²) in [6, 6.07) is 3.97. The second-order valence-electron chi connectivity index (χ2n) is 2.92. The summed E-state index contributed by atoms with van der Waals surface area (Å²) in [4.78, 5) is 4.40. The molecular weight excluding hydrogens is 230 g/mol. The molecule has 4 heteroatoms. The van der Waals surface area contributed by atoms with Crippen LogP contribution in [0.1, 0.15) is 11.4 Å². The predicted octanol–water partition coefficient (Wildman–Crippen LogP) is 1.86. The van der Waals surface area contributed by atoms with Crippen LogP contribution in [0.25, 0.3) is 5.65 Å². The SMILES string of the molecule is Cc1c(CN)nc2cc(Br)ccn12. The first kappa shape index (κ1) is 8.72. The molecule has 0 fully saturated rings. The Morgan fingerprint density at radius 3 is 3.08 bits per heavy atom. The van der Waals surface area contributed by atoms with E-state index in [0.29, 0.717) is 6.54 Å². The van der Waals surface area contributed by atoms with Crippen molar-refractivity contribution in [3.05, 3.63) is 34.2 Å². The minimum Gasteiger partial charge on any atom is -0.325 e. The fourth-order valence-electron chi connectivity index (χ4n) is 1.38. The second kappa shape index (κ2) is 3.12. The van der Waals surface area contributed by atoms with Crippen LogP contribution in [0.15, 0.2) is 22.8 Å². The van der Waals surface area contributed by atoms with Crippen molar-refractivity contribution in [3.8, 4) is 0 Å². The molecule has 0 radical (unpaired) electrons. The van der Waals surface area contributed by atoms with Gasteiger partial charge in [0.05, 0.1) is 5.69 Å². The van der Waals surface area contributed by atoms with Gasteiger partial charge in [-0.1, -0.05) is 15.9 Å². The van der Waals surface area contributed by atoms with Gasteiger partial charge in [0, 0.05) is 22.9 Å². The highest BCUT2D eigenvalue weighted by molar-refractivity contribution is 9.10. The molecule has 0 amide bonds. The highest BCUT2D eigenvalue weighted by Gasteiger charge is 2.05. The first-order chi connectivity index (χ1) is 6.22. The smallest absolute Gasteiger partial charge is 0.138 e. The zero-order valence-electron chi connectivity index (χ0n) is 7.29. The van der Waals surface area contributed by atoms with Crippen molar-refractivity contribution in [1.29, 1.82) is 0 Å². The fourth-order valence-corrected chi connectivity index (χ4v) is 1.71. The zero-order chi connectivity index (χ0) is 9.42. The van der Waals surface area contributed by atoms with Gasteiger partial charge in [0.1, 0.15) is 5.65 Å². The lowest BCUT2D eigenvalue weighted by Gasteiger charge is -1.96. The summed E-state index contributed by atoms with van der Waals surface area (Å²) < 4.78 is 3.07. The monoisotopic (exact) mass is 239 g/mol. The Morgan fingerprint density at radius 2 is 2.38 bits per heavy atom. The van der Waals surface area contributed by atoms with Crippen LogP contribution >= 0.6 is 15.9 Å². The highest BCUT2D eigenvalue weighted by atomic mass is 79.9. The Morgan fingerprint density at radius 1 is 1.62 bits per heavy atom. The Balaban J connectivity index is 2.76. The van der Waals surface area contributed by atoms with Crippen molar-refractivity contribution < 1.29 is 0 Å². The summed E-state index contributed by atoms with van der Waals surface area (Å²) in [5, 5.41) is 0. The number of nitrogens with zero attached hydrogens (tertiary/aromatic N) is 2. The molecule has 0 aliphatic carbocycles. The van der Waals surface area contributed by atoms with E-state index in [1.165, 1.54) is 0 Å². The molecule has 0 aliphatic heterocycles. The molecule has 0 aromatic carbocycles. The molecule has 0 aliphatic rings. The van der Waals surface area contributed by atoms with Gasteiger partial charge in [-0.05, 0) is 19.1 Å². The van der Waals surface area contributed by atoms with Gasteiger partial charge >= 0.3 is 0 Å². The van der Waals surface area contributed by atoms with Crippen molar-refractivity contribution in [2.45, 2.75) is 13.5 Å². The number of aryl methyl sites for hydroxylation is 1. The van der Waals surface area contributed by atoms with Gasteiger partial charge in [-0.15, -0.1) is 0 Å². The zero-order valence-corrected chi connectivity index (χ0v) is 8.87. The lowest BCUT2D eigenvalue weighted by molar-refractivity contribution is 0.982. The van der Waals surface area contributed by atoms with Crippen LogP contribution in [-0.4, -0.2) is 9.38 Å². The summed E-state index contributed by atoms with van der Waals surface area (Å²) in [6.07, 6.45) is 1.99. The van der Waals surface area contributed by atoms with Crippen molar-refractivity contribution in [3.63, 3.8) is 0 Å². The maximum Gasteiger partial charge on any atom is 0.138 e. The van der Waals surface area contributed by atoms with E-state index in [-0.39, 0.29) is 0 Å². The Kier molecular flexibility index (Phi) is 2.09. The van der Waals surface area contributed by atoms with Crippen LogP contribution in [-0.2, 0) is 6.54 Å². The van der Waals surface area contributed by atoms with Crippen LogP contribution in [0.2, 0.25) is 0 Å². The van der Waals surface area contributed by atoms with Crippen LogP contribution in [0.5, 0.6) is 0 Å². The molecule has 0 atom stereocenters. The summed E-state index contributed by atoms with van der Waals surface area (Å²) in [7, 11) is 0.